The quantitative estimate of drug-likeness (QED) is 0.837. The highest BCUT2D eigenvalue weighted by Crippen LogP contribution is 2.37. The summed E-state index contributed by atoms with van der Waals surface area (Å²) in [5, 5.41) is 1.88. The maximum atomic E-state index is 11.6. The van der Waals surface area contributed by atoms with Gasteiger partial charge in [-0.1, -0.05) is 12.1 Å². The maximum absolute atomic E-state index is 11.6. The Kier molecular flexibility index (Phi) is 5.50. The van der Waals surface area contributed by atoms with Crippen molar-refractivity contribution < 1.29 is 14.3 Å². The van der Waals surface area contributed by atoms with Crippen molar-refractivity contribution in [1.29, 1.82) is 0 Å². The van der Waals surface area contributed by atoms with Crippen LogP contribution in [0.3, 0.4) is 0 Å². The Morgan fingerprint density at radius 2 is 2.21 bits per heavy atom. The van der Waals surface area contributed by atoms with E-state index in [9.17, 15) is 4.79 Å². The van der Waals surface area contributed by atoms with Crippen molar-refractivity contribution in [3.8, 4) is 16.2 Å². The van der Waals surface area contributed by atoms with Crippen LogP contribution < -0.4 is 10.5 Å². The van der Waals surface area contributed by atoms with Gasteiger partial charge in [-0.15, -0.1) is 11.3 Å². The van der Waals surface area contributed by atoms with E-state index in [1.54, 1.807) is 13.2 Å². The standard InChI is InChI=1S/C18H22N2O3S/c1-22-10-9-20-8-6-13(12-20)23-16-5-3-2-4-14(16)17-15(18(19)21)7-11-24-17/h2-5,7,11,13H,6,8-10,12H2,1H3,(H2,19,21). The van der Waals surface area contributed by atoms with Crippen LogP contribution >= 0.6 is 11.3 Å². The fourth-order valence-corrected chi connectivity index (χ4v) is 3.90. The normalized spacial score (nSPS) is 18.0. The van der Waals surface area contributed by atoms with Crippen LogP contribution in [-0.2, 0) is 4.74 Å². The SMILES string of the molecule is COCCN1CCC(Oc2ccccc2-c2sccc2C(N)=O)C1. The first-order chi connectivity index (χ1) is 11.7. The molecule has 1 aromatic carbocycles. The highest BCUT2D eigenvalue weighted by molar-refractivity contribution is 7.14. The van der Waals surface area contributed by atoms with Gasteiger partial charge in [-0.25, -0.2) is 0 Å². The second kappa shape index (κ2) is 7.79. The summed E-state index contributed by atoms with van der Waals surface area (Å²) in [5.74, 6) is 0.397. The molecule has 1 aliphatic heterocycles. The molecule has 2 N–H and O–H groups in total. The lowest BCUT2D eigenvalue weighted by molar-refractivity contribution is 0.100. The van der Waals surface area contributed by atoms with Gasteiger partial charge in [0.2, 0.25) is 5.91 Å². The van der Waals surface area contributed by atoms with Crippen molar-refractivity contribution in [3.05, 3.63) is 41.3 Å². The molecule has 0 saturated carbocycles. The molecular weight excluding hydrogens is 324 g/mol. The second-order valence-corrected chi connectivity index (χ2v) is 6.76. The third-order valence-corrected chi connectivity index (χ3v) is 5.14. The van der Waals surface area contributed by atoms with Crippen LogP contribution in [0.15, 0.2) is 35.7 Å². The number of amides is 1. The van der Waals surface area contributed by atoms with Gasteiger partial charge in [0.15, 0.2) is 0 Å². The molecule has 128 valence electrons. The van der Waals surface area contributed by atoms with E-state index >= 15 is 0 Å². The number of methoxy groups -OCH3 is 1. The number of benzene rings is 1. The zero-order valence-corrected chi connectivity index (χ0v) is 14.6. The molecule has 6 heteroatoms. The average Bonchev–Trinajstić information content (AvgIpc) is 3.23. The molecule has 1 aromatic heterocycles. The van der Waals surface area contributed by atoms with E-state index in [1.165, 1.54) is 11.3 Å². The molecule has 1 fully saturated rings. The summed E-state index contributed by atoms with van der Waals surface area (Å²) in [4.78, 5) is 14.8. The number of primary amides is 1. The van der Waals surface area contributed by atoms with Gasteiger partial charge in [-0.3, -0.25) is 9.69 Å². The molecule has 1 unspecified atom stereocenters. The molecular formula is C18H22N2O3S. The highest BCUT2D eigenvalue weighted by atomic mass is 32.1. The second-order valence-electron chi connectivity index (χ2n) is 5.85. The Labute approximate surface area is 146 Å². The van der Waals surface area contributed by atoms with Crippen molar-refractivity contribution in [3.63, 3.8) is 0 Å². The summed E-state index contributed by atoms with van der Waals surface area (Å²) >= 11 is 1.51. The van der Waals surface area contributed by atoms with Gasteiger partial charge in [-0.2, -0.15) is 0 Å². The minimum atomic E-state index is -0.410. The van der Waals surface area contributed by atoms with E-state index in [-0.39, 0.29) is 6.10 Å². The summed E-state index contributed by atoms with van der Waals surface area (Å²) in [6.07, 6.45) is 1.14. The molecule has 0 spiro atoms. The summed E-state index contributed by atoms with van der Waals surface area (Å²) < 4.78 is 11.4. The van der Waals surface area contributed by atoms with Gasteiger partial charge >= 0.3 is 0 Å². The average molecular weight is 346 g/mol. The number of carbonyl (C=O) groups excluding carboxylic acids is 1. The minimum Gasteiger partial charge on any atom is -0.488 e. The van der Waals surface area contributed by atoms with E-state index in [2.05, 4.69) is 4.90 Å². The number of carbonyl (C=O) groups is 1. The predicted molar refractivity (Wildman–Crippen MR) is 95.6 cm³/mol. The Balaban J connectivity index is 1.76. The van der Waals surface area contributed by atoms with E-state index in [0.717, 1.165) is 48.9 Å². The number of nitrogens with two attached hydrogens (primary N) is 1. The number of para-hydroxylation sites is 1. The zero-order chi connectivity index (χ0) is 16.9. The van der Waals surface area contributed by atoms with Gasteiger partial charge < -0.3 is 15.2 Å². The van der Waals surface area contributed by atoms with E-state index in [0.29, 0.717) is 5.56 Å². The van der Waals surface area contributed by atoms with Gasteiger partial charge in [0.05, 0.1) is 17.0 Å². The number of likely N-dealkylation sites (tertiary alicyclic amines) is 1. The number of ether oxygens (including phenoxy) is 2. The summed E-state index contributed by atoms with van der Waals surface area (Å²) in [6, 6.07) is 9.60. The van der Waals surface area contributed by atoms with Crippen molar-refractivity contribution in [2.75, 3.05) is 33.4 Å². The molecule has 0 bridgehead atoms. The van der Waals surface area contributed by atoms with E-state index in [1.807, 2.05) is 29.6 Å². The molecule has 3 rings (SSSR count). The first kappa shape index (κ1) is 17.0. The molecule has 5 nitrogen and oxygen atoms in total. The molecule has 0 radical (unpaired) electrons. The number of hydrogen-bond acceptors (Lipinski definition) is 5. The van der Waals surface area contributed by atoms with Crippen molar-refractivity contribution in [2.24, 2.45) is 5.73 Å². The van der Waals surface area contributed by atoms with Gasteiger partial charge in [0, 0.05) is 32.3 Å². The van der Waals surface area contributed by atoms with Gasteiger partial charge in [0.25, 0.3) is 0 Å². The topological polar surface area (TPSA) is 64.8 Å². The number of rotatable bonds is 7. The van der Waals surface area contributed by atoms with Crippen molar-refractivity contribution in [1.82, 2.24) is 4.90 Å². The van der Waals surface area contributed by atoms with Crippen LogP contribution in [0.25, 0.3) is 10.4 Å². The van der Waals surface area contributed by atoms with Crippen LogP contribution in [0.4, 0.5) is 0 Å². The Hall–Kier alpha value is -1.89. The van der Waals surface area contributed by atoms with Crippen LogP contribution in [-0.4, -0.2) is 50.3 Å². The fourth-order valence-electron chi connectivity index (χ4n) is 2.97. The third-order valence-electron chi connectivity index (χ3n) is 4.20. The first-order valence-electron chi connectivity index (χ1n) is 8.03. The molecule has 1 atom stereocenters. The molecule has 2 heterocycles. The van der Waals surface area contributed by atoms with Gasteiger partial charge in [0.1, 0.15) is 11.9 Å². The largest absolute Gasteiger partial charge is 0.488 e. The summed E-state index contributed by atoms with van der Waals surface area (Å²) in [6.45, 7) is 3.57. The van der Waals surface area contributed by atoms with Gasteiger partial charge in [-0.05, 0) is 30.0 Å². The van der Waals surface area contributed by atoms with Crippen LogP contribution in [0.1, 0.15) is 16.8 Å². The lowest BCUT2D eigenvalue weighted by Crippen LogP contribution is -2.27. The minimum absolute atomic E-state index is 0.153. The fraction of sp³-hybridized carbons (Fsp3) is 0.389. The molecule has 0 aliphatic carbocycles. The monoisotopic (exact) mass is 346 g/mol. The smallest absolute Gasteiger partial charge is 0.250 e. The number of hydrogen-bond donors (Lipinski definition) is 1. The molecule has 1 saturated heterocycles. The maximum Gasteiger partial charge on any atom is 0.250 e. The molecule has 1 aliphatic rings. The zero-order valence-electron chi connectivity index (χ0n) is 13.7. The molecule has 2 aromatic rings. The highest BCUT2D eigenvalue weighted by Gasteiger charge is 2.25. The molecule has 24 heavy (non-hydrogen) atoms. The lowest BCUT2D eigenvalue weighted by atomic mass is 10.1. The number of thiophene rings is 1. The summed E-state index contributed by atoms with van der Waals surface area (Å²) in [5.41, 5.74) is 6.96. The van der Waals surface area contributed by atoms with Crippen LogP contribution in [0.2, 0.25) is 0 Å². The van der Waals surface area contributed by atoms with Crippen molar-refractivity contribution >= 4 is 17.2 Å². The summed E-state index contributed by atoms with van der Waals surface area (Å²) in [7, 11) is 1.72. The van der Waals surface area contributed by atoms with Crippen LogP contribution in [0, 0.1) is 0 Å². The number of nitrogens with zero attached hydrogens (tertiary/aromatic N) is 1. The van der Waals surface area contributed by atoms with Crippen molar-refractivity contribution in [2.45, 2.75) is 12.5 Å². The van der Waals surface area contributed by atoms with Crippen LogP contribution in [0.5, 0.6) is 5.75 Å². The Morgan fingerprint density at radius 3 is 3.00 bits per heavy atom. The Bertz CT molecular complexity index is 701. The van der Waals surface area contributed by atoms with E-state index < -0.39 is 5.91 Å². The van der Waals surface area contributed by atoms with E-state index in [4.69, 9.17) is 15.2 Å². The molecule has 1 amide bonds. The predicted octanol–water partition coefficient (Wildman–Crippen LogP) is 2.61. The Morgan fingerprint density at radius 1 is 1.38 bits per heavy atom. The lowest BCUT2D eigenvalue weighted by Gasteiger charge is -2.18. The first-order valence-corrected chi connectivity index (χ1v) is 8.91. The third kappa shape index (κ3) is 3.77.